The lowest BCUT2D eigenvalue weighted by molar-refractivity contribution is -0.137. The monoisotopic (exact) mass is 265 g/mol. The fourth-order valence-corrected chi connectivity index (χ4v) is 2.04. The third kappa shape index (κ3) is 2.14. The third-order valence-electron chi connectivity index (χ3n) is 1.64. The van der Waals surface area contributed by atoms with Gasteiger partial charge in [0, 0.05) is 18.6 Å². The van der Waals surface area contributed by atoms with Crippen LogP contribution >= 0.6 is 22.9 Å². The molecule has 0 bridgehead atoms. The van der Waals surface area contributed by atoms with Crippen molar-refractivity contribution in [3.63, 3.8) is 0 Å². The molecular formula is C8H3ClF3N3S. The third-order valence-corrected chi connectivity index (χ3v) is 2.96. The van der Waals surface area contributed by atoms with Crippen molar-refractivity contribution >= 4 is 22.9 Å². The Morgan fingerprint density at radius 2 is 1.81 bits per heavy atom. The maximum absolute atomic E-state index is 12.3. The van der Waals surface area contributed by atoms with Crippen LogP contribution in [0.2, 0.25) is 5.15 Å². The van der Waals surface area contributed by atoms with Crippen LogP contribution in [0.15, 0.2) is 18.6 Å². The van der Waals surface area contributed by atoms with Crippen LogP contribution in [-0.2, 0) is 6.18 Å². The predicted octanol–water partition coefficient (Wildman–Crippen LogP) is 3.27. The lowest BCUT2D eigenvalue weighted by Gasteiger charge is -1.99. The van der Waals surface area contributed by atoms with E-state index in [0.29, 0.717) is 11.3 Å². The van der Waals surface area contributed by atoms with E-state index in [-0.39, 0.29) is 15.7 Å². The van der Waals surface area contributed by atoms with E-state index >= 15 is 0 Å². The predicted molar refractivity (Wildman–Crippen MR) is 53.2 cm³/mol. The number of hydrogen-bond donors (Lipinski definition) is 0. The van der Waals surface area contributed by atoms with Crippen LogP contribution in [0.4, 0.5) is 13.2 Å². The first-order chi connectivity index (χ1) is 7.48. The van der Waals surface area contributed by atoms with Gasteiger partial charge in [0.1, 0.15) is 5.69 Å². The summed E-state index contributed by atoms with van der Waals surface area (Å²) >= 11 is 6.19. The topological polar surface area (TPSA) is 38.7 Å². The van der Waals surface area contributed by atoms with Crippen LogP contribution in [0, 0.1) is 0 Å². The average Bonchev–Trinajstić information content (AvgIpc) is 2.66. The van der Waals surface area contributed by atoms with E-state index in [1.54, 1.807) is 0 Å². The zero-order valence-corrected chi connectivity index (χ0v) is 9.07. The van der Waals surface area contributed by atoms with Crippen LogP contribution in [0.1, 0.15) is 5.01 Å². The Morgan fingerprint density at radius 3 is 2.38 bits per heavy atom. The molecule has 8 heteroatoms. The zero-order chi connectivity index (χ0) is 11.8. The van der Waals surface area contributed by atoms with E-state index in [2.05, 4.69) is 15.0 Å². The van der Waals surface area contributed by atoms with Crippen LogP contribution in [-0.4, -0.2) is 15.0 Å². The Bertz CT molecular complexity index is 511. The highest BCUT2D eigenvalue weighted by atomic mass is 35.5. The van der Waals surface area contributed by atoms with E-state index in [1.165, 1.54) is 12.4 Å². The van der Waals surface area contributed by atoms with Gasteiger partial charge in [-0.25, -0.2) is 9.97 Å². The highest BCUT2D eigenvalue weighted by Crippen LogP contribution is 2.36. The molecular weight excluding hydrogens is 263 g/mol. The van der Waals surface area contributed by atoms with Crippen molar-refractivity contribution in [3.05, 3.63) is 28.8 Å². The van der Waals surface area contributed by atoms with Gasteiger partial charge in [0.05, 0.1) is 4.88 Å². The van der Waals surface area contributed by atoms with Crippen molar-refractivity contribution in [2.24, 2.45) is 0 Å². The van der Waals surface area contributed by atoms with Crippen LogP contribution < -0.4 is 0 Å². The van der Waals surface area contributed by atoms with Crippen LogP contribution in [0.25, 0.3) is 10.6 Å². The second-order valence-corrected chi connectivity index (χ2v) is 4.11. The van der Waals surface area contributed by atoms with Crippen molar-refractivity contribution in [1.29, 1.82) is 0 Å². The quantitative estimate of drug-likeness (QED) is 0.794. The van der Waals surface area contributed by atoms with Gasteiger partial charge in [0.25, 0.3) is 0 Å². The summed E-state index contributed by atoms with van der Waals surface area (Å²) in [7, 11) is 0. The van der Waals surface area contributed by atoms with Gasteiger partial charge in [-0.05, 0) is 0 Å². The summed E-state index contributed by atoms with van der Waals surface area (Å²) in [6, 6.07) is 0. The van der Waals surface area contributed by atoms with Gasteiger partial charge >= 0.3 is 6.18 Å². The van der Waals surface area contributed by atoms with Crippen molar-refractivity contribution in [2.45, 2.75) is 6.18 Å². The Labute approximate surface area is 97.0 Å². The van der Waals surface area contributed by atoms with Gasteiger partial charge in [0.2, 0.25) is 0 Å². The molecule has 84 valence electrons. The number of halogens is 4. The maximum Gasteiger partial charge on any atom is 0.443 e. The molecule has 0 aliphatic heterocycles. The molecule has 3 nitrogen and oxygen atoms in total. The number of nitrogens with zero attached hydrogens (tertiary/aromatic N) is 3. The van der Waals surface area contributed by atoms with Gasteiger partial charge in [-0.3, -0.25) is 4.98 Å². The Balaban J connectivity index is 2.44. The summed E-state index contributed by atoms with van der Waals surface area (Å²) in [6.07, 6.45) is -0.646. The van der Waals surface area contributed by atoms with Crippen molar-refractivity contribution in [3.8, 4) is 10.6 Å². The smallest absolute Gasteiger partial charge is 0.250 e. The van der Waals surface area contributed by atoms with Crippen LogP contribution in [0.5, 0.6) is 0 Å². The van der Waals surface area contributed by atoms with E-state index in [1.807, 2.05) is 0 Å². The molecule has 2 rings (SSSR count). The minimum Gasteiger partial charge on any atom is -0.250 e. The van der Waals surface area contributed by atoms with Crippen molar-refractivity contribution in [2.75, 3.05) is 0 Å². The molecule has 0 fully saturated rings. The molecule has 0 aromatic carbocycles. The molecule has 0 saturated carbocycles. The summed E-state index contributed by atoms with van der Waals surface area (Å²) in [6.45, 7) is 0. The molecule has 0 unspecified atom stereocenters. The summed E-state index contributed by atoms with van der Waals surface area (Å²) in [5, 5.41) is -0.871. The van der Waals surface area contributed by atoms with Crippen molar-refractivity contribution in [1.82, 2.24) is 15.0 Å². The molecule has 0 aliphatic carbocycles. The lowest BCUT2D eigenvalue weighted by atomic mass is 10.4. The Morgan fingerprint density at radius 1 is 1.12 bits per heavy atom. The number of thiazole rings is 1. The first-order valence-corrected chi connectivity index (χ1v) is 5.18. The molecule has 0 aliphatic rings. The van der Waals surface area contributed by atoms with Gasteiger partial charge in [-0.1, -0.05) is 11.6 Å². The molecule has 2 aromatic rings. The molecule has 0 radical (unpaired) electrons. The largest absolute Gasteiger partial charge is 0.443 e. The fourth-order valence-electron chi connectivity index (χ4n) is 1.00. The van der Waals surface area contributed by atoms with Gasteiger partial charge in [-0.2, -0.15) is 13.2 Å². The molecule has 0 atom stereocenters. The summed E-state index contributed by atoms with van der Waals surface area (Å²) in [5.41, 5.74) is 0.206. The summed E-state index contributed by atoms with van der Waals surface area (Å²) in [4.78, 5) is 11.1. The normalized spacial score (nSPS) is 11.8. The van der Waals surface area contributed by atoms with E-state index in [9.17, 15) is 13.2 Å². The van der Waals surface area contributed by atoms with Crippen molar-refractivity contribution < 1.29 is 13.2 Å². The minimum absolute atomic E-state index is 0.0554. The minimum atomic E-state index is -4.45. The highest BCUT2D eigenvalue weighted by molar-refractivity contribution is 7.15. The van der Waals surface area contributed by atoms with E-state index < -0.39 is 11.2 Å². The average molecular weight is 266 g/mol. The van der Waals surface area contributed by atoms with Crippen LogP contribution in [0.3, 0.4) is 0 Å². The fraction of sp³-hybridized carbons (Fsp3) is 0.125. The second kappa shape index (κ2) is 3.99. The number of alkyl halides is 3. The van der Waals surface area contributed by atoms with Gasteiger partial charge in [-0.15, -0.1) is 11.3 Å². The number of aromatic nitrogens is 3. The lowest BCUT2D eigenvalue weighted by Crippen LogP contribution is -2.02. The number of hydrogen-bond acceptors (Lipinski definition) is 4. The number of rotatable bonds is 1. The molecule has 16 heavy (non-hydrogen) atoms. The van der Waals surface area contributed by atoms with E-state index in [4.69, 9.17) is 11.6 Å². The maximum atomic E-state index is 12.3. The highest BCUT2D eigenvalue weighted by Gasteiger charge is 2.34. The summed E-state index contributed by atoms with van der Waals surface area (Å²) < 4.78 is 36.9. The zero-order valence-electron chi connectivity index (χ0n) is 7.49. The van der Waals surface area contributed by atoms with Gasteiger partial charge < -0.3 is 0 Å². The SMILES string of the molecule is FC(F)(F)c1ncc(-c2nccnc2Cl)s1. The molecule has 0 N–H and O–H groups in total. The second-order valence-electron chi connectivity index (χ2n) is 2.72. The molecule has 0 saturated heterocycles. The summed E-state index contributed by atoms with van der Waals surface area (Å²) in [5.74, 6) is 0. The first-order valence-electron chi connectivity index (χ1n) is 3.98. The molecule has 2 heterocycles. The Kier molecular flexibility index (Phi) is 2.81. The first kappa shape index (κ1) is 11.3. The van der Waals surface area contributed by atoms with Gasteiger partial charge in [0.15, 0.2) is 10.2 Å². The van der Waals surface area contributed by atoms with E-state index in [0.717, 1.165) is 6.20 Å². The Hall–Kier alpha value is -1.21. The molecule has 2 aromatic heterocycles. The standard InChI is InChI=1S/C8H3ClF3N3S/c9-6-5(13-1-2-14-6)4-3-15-7(16-4)8(10,11)12/h1-3H. The molecule has 0 spiro atoms. The molecule has 0 amide bonds.